The molecular weight excluding hydrogens is 700 g/mol. The average Bonchev–Trinajstić information content (AvgIpc) is 3.30. The first kappa shape index (κ1) is 40.4. The molecule has 13 nitrogen and oxygen atoms in total. The molecule has 5 fully saturated rings. The van der Waals surface area contributed by atoms with Gasteiger partial charge in [-0.3, -0.25) is 9.59 Å². The van der Waals surface area contributed by atoms with Crippen LogP contribution in [0.2, 0.25) is 0 Å². The first-order valence-corrected chi connectivity index (χ1v) is 20.0. The Morgan fingerprint density at radius 3 is 2.20 bits per heavy atom. The van der Waals surface area contributed by atoms with Gasteiger partial charge in [-0.15, -0.1) is 0 Å². The number of ether oxygens (including phenoxy) is 5. The Morgan fingerprint density at radius 1 is 0.833 bits per heavy atom. The summed E-state index contributed by atoms with van der Waals surface area (Å²) in [5.74, 6) is -0.197. The minimum Gasteiger partial charge on any atom is -0.497 e. The summed E-state index contributed by atoms with van der Waals surface area (Å²) in [6, 6.07) is 0. The number of aliphatic hydroxyl groups is 6. The summed E-state index contributed by atoms with van der Waals surface area (Å²) in [6.07, 6.45) is -6.82. The van der Waals surface area contributed by atoms with Crippen LogP contribution < -0.4 is 0 Å². The van der Waals surface area contributed by atoms with Crippen LogP contribution in [0.1, 0.15) is 87.5 Å². The predicted molar refractivity (Wildman–Crippen MR) is 192 cm³/mol. The molecule has 0 aromatic carbocycles. The van der Waals surface area contributed by atoms with E-state index in [4.69, 9.17) is 23.7 Å². The monoisotopic (exact) mass is 762 g/mol. The van der Waals surface area contributed by atoms with E-state index in [1.54, 1.807) is 6.08 Å². The molecule has 0 aromatic heterocycles. The lowest BCUT2D eigenvalue weighted by Crippen LogP contribution is -2.64. The van der Waals surface area contributed by atoms with Crippen molar-refractivity contribution in [3.05, 3.63) is 23.5 Å². The third kappa shape index (κ3) is 5.93. The van der Waals surface area contributed by atoms with Gasteiger partial charge >= 0.3 is 0 Å². The van der Waals surface area contributed by atoms with Crippen LogP contribution in [0.15, 0.2) is 23.5 Å². The van der Waals surface area contributed by atoms with Crippen molar-refractivity contribution in [1.29, 1.82) is 0 Å². The maximum atomic E-state index is 14.8. The molecule has 7 aliphatic rings. The predicted octanol–water partition coefficient (Wildman–Crippen LogP) is 2.17. The van der Waals surface area contributed by atoms with Crippen LogP contribution >= 0.6 is 0 Å². The Balaban J connectivity index is 1.13. The zero-order valence-corrected chi connectivity index (χ0v) is 32.9. The topological polar surface area (TPSA) is 202 Å². The van der Waals surface area contributed by atoms with Gasteiger partial charge in [-0.2, -0.15) is 0 Å². The Kier molecular flexibility index (Phi) is 10.4. The zero-order chi connectivity index (χ0) is 39.4. The molecular formula is C41H62O13. The molecule has 304 valence electrons. The van der Waals surface area contributed by atoms with Gasteiger partial charge in [-0.05, 0) is 55.3 Å². The fraction of sp³-hybridized carbons (Fsp3) is 0.854. The van der Waals surface area contributed by atoms with Crippen LogP contribution in [0.25, 0.3) is 0 Å². The minimum absolute atomic E-state index is 0.0313. The minimum atomic E-state index is -1.63. The van der Waals surface area contributed by atoms with E-state index in [0.717, 1.165) is 5.57 Å². The molecule has 54 heavy (non-hydrogen) atoms. The van der Waals surface area contributed by atoms with Crippen LogP contribution in [-0.2, 0) is 33.3 Å². The summed E-state index contributed by atoms with van der Waals surface area (Å²) in [4.78, 5) is 28.4. The van der Waals surface area contributed by atoms with E-state index >= 15 is 0 Å². The van der Waals surface area contributed by atoms with Crippen molar-refractivity contribution in [3.8, 4) is 0 Å². The highest BCUT2D eigenvalue weighted by atomic mass is 16.8. The smallest absolute Gasteiger partial charge is 0.187 e. The van der Waals surface area contributed by atoms with Crippen molar-refractivity contribution in [2.75, 3.05) is 13.2 Å². The van der Waals surface area contributed by atoms with Gasteiger partial charge in [-0.25, -0.2) is 0 Å². The number of hydrogen-bond donors (Lipinski definition) is 6. The summed E-state index contributed by atoms with van der Waals surface area (Å²) in [5.41, 5.74) is -1.22. The van der Waals surface area contributed by atoms with Gasteiger partial charge < -0.3 is 54.3 Å². The lowest BCUT2D eigenvalue weighted by Gasteiger charge is -2.64. The molecule has 0 radical (unpaired) electrons. The number of allylic oxidation sites excluding steroid dienone is 3. The van der Waals surface area contributed by atoms with E-state index < -0.39 is 101 Å². The van der Waals surface area contributed by atoms with E-state index in [1.165, 1.54) is 6.92 Å². The molecule has 0 aromatic rings. The second-order valence-electron chi connectivity index (χ2n) is 19.0. The average molecular weight is 763 g/mol. The number of fused-ring (bicyclic) bond motifs is 5. The number of hydrogen-bond acceptors (Lipinski definition) is 13. The lowest BCUT2D eigenvalue weighted by molar-refractivity contribution is -0.360. The molecule has 0 spiro atoms. The summed E-state index contributed by atoms with van der Waals surface area (Å²) in [6.45, 7) is 16.1. The van der Waals surface area contributed by atoms with Crippen molar-refractivity contribution in [3.63, 3.8) is 0 Å². The van der Waals surface area contributed by atoms with E-state index in [0.29, 0.717) is 31.4 Å². The normalized spacial score (nSPS) is 51.8. The van der Waals surface area contributed by atoms with Gasteiger partial charge in [-0.1, -0.05) is 60.1 Å². The van der Waals surface area contributed by atoms with E-state index in [9.17, 15) is 40.2 Å². The molecule has 2 saturated heterocycles. The van der Waals surface area contributed by atoms with Gasteiger partial charge in [0.15, 0.2) is 18.4 Å². The molecule has 15 unspecified atom stereocenters. The Hall–Kier alpha value is -1.78. The van der Waals surface area contributed by atoms with Crippen molar-refractivity contribution in [2.45, 2.75) is 155 Å². The van der Waals surface area contributed by atoms with Crippen LogP contribution in [-0.4, -0.2) is 123 Å². The largest absolute Gasteiger partial charge is 0.497 e. The van der Waals surface area contributed by atoms with Crippen LogP contribution in [0.3, 0.4) is 0 Å². The number of aliphatic hydroxyl groups excluding tert-OH is 6. The fourth-order valence-electron chi connectivity index (χ4n) is 12.1. The van der Waals surface area contributed by atoms with E-state index in [2.05, 4.69) is 40.7 Å². The first-order chi connectivity index (χ1) is 25.2. The van der Waals surface area contributed by atoms with Crippen molar-refractivity contribution in [1.82, 2.24) is 0 Å². The van der Waals surface area contributed by atoms with Crippen LogP contribution in [0.4, 0.5) is 0 Å². The molecule has 4 aliphatic carbocycles. The van der Waals surface area contributed by atoms with Gasteiger partial charge in [0.2, 0.25) is 0 Å². The van der Waals surface area contributed by atoms with Crippen molar-refractivity contribution in [2.24, 2.45) is 51.2 Å². The highest BCUT2D eigenvalue weighted by molar-refractivity contribution is 5.94. The Bertz CT molecular complexity index is 1540. The van der Waals surface area contributed by atoms with Gasteiger partial charge in [0.05, 0.1) is 37.4 Å². The van der Waals surface area contributed by atoms with E-state index in [1.807, 2.05) is 13.8 Å². The second-order valence-corrected chi connectivity index (χ2v) is 19.0. The van der Waals surface area contributed by atoms with Gasteiger partial charge in [0.1, 0.15) is 48.2 Å². The van der Waals surface area contributed by atoms with Crippen molar-refractivity contribution >= 4 is 11.6 Å². The SMILES string of the molecule is CC(C)C1=CC(=O)C(C2C(O)C[C@@]3(C)C4CC=C5C(CCC(OC6OCC(O)C(O)C6OC6OC(C)C(O)C(O)C6O)C5(C)C)[C@]4(C)C(=O)C[C@]23C)CO1. The summed E-state index contributed by atoms with van der Waals surface area (Å²) in [5, 5.41) is 64.5. The van der Waals surface area contributed by atoms with Gasteiger partial charge in [0, 0.05) is 35.2 Å². The highest BCUT2D eigenvalue weighted by Crippen LogP contribution is 2.74. The molecule has 6 N–H and O–H groups in total. The van der Waals surface area contributed by atoms with Crippen LogP contribution in [0, 0.1) is 51.2 Å². The molecule has 13 heteroatoms. The number of rotatable bonds is 6. The quantitative estimate of drug-likeness (QED) is 0.215. The fourth-order valence-corrected chi connectivity index (χ4v) is 12.1. The second kappa shape index (κ2) is 14.0. The summed E-state index contributed by atoms with van der Waals surface area (Å²) >= 11 is 0. The molecule has 7 rings (SSSR count). The third-order valence-corrected chi connectivity index (χ3v) is 15.6. The molecule has 3 aliphatic heterocycles. The maximum absolute atomic E-state index is 14.8. The molecule has 3 heterocycles. The summed E-state index contributed by atoms with van der Waals surface area (Å²) in [7, 11) is 0. The maximum Gasteiger partial charge on any atom is 0.187 e. The van der Waals surface area contributed by atoms with Gasteiger partial charge in [0.25, 0.3) is 0 Å². The number of carbonyl (C=O) groups is 2. The Morgan fingerprint density at radius 2 is 1.54 bits per heavy atom. The van der Waals surface area contributed by atoms with Crippen molar-refractivity contribution < 1.29 is 63.9 Å². The van der Waals surface area contributed by atoms with E-state index in [-0.39, 0.29) is 49.0 Å². The molecule has 3 saturated carbocycles. The number of ketones is 2. The lowest BCUT2D eigenvalue weighted by atomic mass is 9.38. The Labute approximate surface area is 318 Å². The highest BCUT2D eigenvalue weighted by Gasteiger charge is 2.73. The molecule has 0 bridgehead atoms. The third-order valence-electron chi connectivity index (χ3n) is 15.6. The molecule has 18 atom stereocenters. The zero-order valence-electron chi connectivity index (χ0n) is 32.9. The summed E-state index contributed by atoms with van der Waals surface area (Å²) < 4.78 is 30.2. The standard InChI is InChI=1S/C41H62O13/c1-18(2)26-13-23(42)20(16-50-26)30-24(43)14-39(6)27-11-9-21-22(41(27,8)28(45)15-40(30,39)7)10-12-29(38(21,4)5)53-37-35(32(47)25(44)17-51-37)54-36-34(49)33(48)31(46)19(3)52-36/h9,13,18-20,22,24-25,27,29-37,43-44,46-49H,10-12,14-17H2,1-8H3/t19?,20?,22?,24?,25?,27?,29?,30?,31?,32?,33?,34?,35?,36?,37?,39-,40+,41-/m0/s1. The number of Topliss-reactive ketones (excluding diaryl/α,β-unsaturated/α-hetero) is 1. The van der Waals surface area contributed by atoms with Crippen LogP contribution in [0.5, 0.6) is 0 Å². The number of carbonyl (C=O) groups excluding carboxylic acids is 2. The first-order valence-electron chi connectivity index (χ1n) is 20.0. The molecule has 0 amide bonds.